The predicted octanol–water partition coefficient (Wildman–Crippen LogP) is 3.88. The molecule has 156 valence electrons. The van der Waals surface area contributed by atoms with Gasteiger partial charge in [0.15, 0.2) is 0 Å². The summed E-state index contributed by atoms with van der Waals surface area (Å²) >= 11 is 0. The molecule has 0 aliphatic carbocycles. The lowest BCUT2D eigenvalue weighted by Gasteiger charge is -2.07. The minimum atomic E-state index is -0.539. The molecule has 0 aromatic carbocycles. The number of hydrogen-bond acceptors (Lipinski definition) is 5. The highest BCUT2D eigenvalue weighted by Crippen LogP contribution is 2.31. The lowest BCUT2D eigenvalue weighted by atomic mass is 10.0. The third-order valence-electron chi connectivity index (χ3n) is 4.65. The monoisotopic (exact) mass is 416 g/mol. The second-order valence-electron chi connectivity index (χ2n) is 7.31. The number of rotatable bonds is 6. The van der Waals surface area contributed by atoms with Crippen molar-refractivity contribution in [3.63, 3.8) is 0 Å². The summed E-state index contributed by atoms with van der Waals surface area (Å²) < 4.78 is 13.6. The molecule has 7 nitrogen and oxygen atoms in total. The largest absolute Gasteiger partial charge is 0.346 e. The third-order valence-corrected chi connectivity index (χ3v) is 4.65. The van der Waals surface area contributed by atoms with Gasteiger partial charge >= 0.3 is 0 Å². The normalized spacial score (nSPS) is 11.5. The summed E-state index contributed by atoms with van der Waals surface area (Å²) in [7, 11) is 3.86. The van der Waals surface area contributed by atoms with Gasteiger partial charge in [-0.15, -0.1) is 0 Å². The Balaban J connectivity index is 1.62. The molecule has 0 atom stereocenters. The van der Waals surface area contributed by atoms with Gasteiger partial charge in [0.05, 0.1) is 11.9 Å². The van der Waals surface area contributed by atoms with E-state index in [0.29, 0.717) is 23.4 Å². The van der Waals surface area contributed by atoms with E-state index in [1.54, 1.807) is 36.9 Å². The molecule has 4 rings (SSSR count). The maximum atomic E-state index is 13.6. The van der Waals surface area contributed by atoms with Crippen LogP contribution in [0.25, 0.3) is 33.3 Å². The van der Waals surface area contributed by atoms with Crippen LogP contribution in [0.1, 0.15) is 0 Å². The maximum absolute atomic E-state index is 13.6. The van der Waals surface area contributed by atoms with Crippen LogP contribution in [0.15, 0.2) is 67.4 Å². The Labute approximate surface area is 178 Å². The van der Waals surface area contributed by atoms with Gasteiger partial charge in [0.2, 0.25) is 11.9 Å². The molecule has 4 aromatic rings. The molecule has 0 bridgehead atoms. The van der Waals surface area contributed by atoms with Crippen molar-refractivity contribution in [2.24, 2.45) is 0 Å². The quantitative estimate of drug-likeness (QED) is 0.368. The number of carbonyl (C=O) groups is 1. The van der Waals surface area contributed by atoms with Gasteiger partial charge in [-0.2, -0.15) is 4.39 Å². The minimum absolute atomic E-state index is 0.220. The molecule has 4 aromatic heterocycles. The summed E-state index contributed by atoms with van der Waals surface area (Å²) in [6.45, 7) is 0.678. The molecule has 0 unspecified atom stereocenters. The van der Waals surface area contributed by atoms with Crippen LogP contribution in [0.5, 0.6) is 0 Å². The summed E-state index contributed by atoms with van der Waals surface area (Å²) in [5.74, 6) is -0.759. The van der Waals surface area contributed by atoms with Gasteiger partial charge in [-0.1, -0.05) is 6.08 Å². The Morgan fingerprint density at radius 1 is 1.13 bits per heavy atom. The number of aromatic nitrogens is 4. The van der Waals surface area contributed by atoms with Crippen LogP contribution in [-0.4, -0.2) is 51.4 Å². The average Bonchev–Trinajstić information content (AvgIpc) is 3.17. The zero-order chi connectivity index (χ0) is 21.8. The first-order chi connectivity index (χ1) is 15.0. The molecule has 0 aliphatic rings. The number of pyridine rings is 3. The highest BCUT2D eigenvalue weighted by atomic mass is 19.1. The smallest absolute Gasteiger partial charge is 0.248 e. The van der Waals surface area contributed by atoms with E-state index in [2.05, 4.69) is 25.3 Å². The van der Waals surface area contributed by atoms with E-state index >= 15 is 0 Å². The highest BCUT2D eigenvalue weighted by molar-refractivity contribution is 6.00. The number of nitrogens with one attached hydrogen (secondary N) is 2. The first-order valence-electron chi connectivity index (χ1n) is 9.66. The van der Waals surface area contributed by atoms with Crippen molar-refractivity contribution >= 4 is 22.6 Å². The van der Waals surface area contributed by atoms with Crippen LogP contribution in [0, 0.1) is 5.95 Å². The van der Waals surface area contributed by atoms with E-state index in [1.807, 2.05) is 31.1 Å². The summed E-state index contributed by atoms with van der Waals surface area (Å²) in [5, 5.41) is 3.67. The molecular formula is C23H21FN6O. The summed E-state index contributed by atoms with van der Waals surface area (Å²) in [5.41, 5.74) is 4.45. The number of amides is 1. The van der Waals surface area contributed by atoms with Gasteiger partial charge in [-0.3, -0.25) is 9.78 Å². The highest BCUT2D eigenvalue weighted by Gasteiger charge is 2.11. The average molecular weight is 416 g/mol. The van der Waals surface area contributed by atoms with E-state index in [9.17, 15) is 9.18 Å². The van der Waals surface area contributed by atoms with Crippen molar-refractivity contribution in [2.75, 3.05) is 26.0 Å². The topological polar surface area (TPSA) is 86.8 Å². The number of anilines is 1. The van der Waals surface area contributed by atoms with Crippen LogP contribution in [0.3, 0.4) is 0 Å². The van der Waals surface area contributed by atoms with E-state index in [4.69, 9.17) is 0 Å². The Kier molecular flexibility index (Phi) is 5.81. The van der Waals surface area contributed by atoms with Crippen molar-refractivity contribution in [1.29, 1.82) is 0 Å². The molecule has 0 aliphatic heterocycles. The van der Waals surface area contributed by atoms with Gasteiger partial charge in [-0.05, 0) is 37.9 Å². The van der Waals surface area contributed by atoms with Crippen LogP contribution < -0.4 is 5.32 Å². The van der Waals surface area contributed by atoms with Crippen LogP contribution in [0.4, 0.5) is 10.1 Å². The zero-order valence-corrected chi connectivity index (χ0v) is 17.1. The minimum Gasteiger partial charge on any atom is -0.346 e. The number of nitrogens with zero attached hydrogens (tertiary/aromatic N) is 4. The predicted molar refractivity (Wildman–Crippen MR) is 119 cm³/mol. The Bertz CT molecular complexity index is 1260. The molecule has 8 heteroatoms. The lowest BCUT2D eigenvalue weighted by molar-refractivity contribution is -0.111. The van der Waals surface area contributed by atoms with Crippen molar-refractivity contribution < 1.29 is 9.18 Å². The molecule has 4 heterocycles. The first kappa shape index (κ1) is 20.4. The molecule has 0 spiro atoms. The standard InChI is InChI=1S/C23H21FN6O/c1-30(2)7-3-4-22(31)29-18-8-16(11-25-13-18)17-9-19-20(14-28-23(19)27-12-17)15-5-6-26-21(24)10-15/h3-6,8-14H,7H2,1-2H3,(H,27,28)(H,29,31)/b4-3+. The second-order valence-corrected chi connectivity index (χ2v) is 7.31. The number of H-pyrrole nitrogens is 1. The fraction of sp³-hybridized carbons (Fsp3) is 0.130. The van der Waals surface area contributed by atoms with Gasteiger partial charge in [-0.25, -0.2) is 9.97 Å². The number of carbonyl (C=O) groups excluding carboxylic acids is 1. The van der Waals surface area contributed by atoms with E-state index in [1.165, 1.54) is 18.3 Å². The van der Waals surface area contributed by atoms with Crippen molar-refractivity contribution in [2.45, 2.75) is 0 Å². The molecule has 0 saturated heterocycles. The van der Waals surface area contributed by atoms with E-state index < -0.39 is 5.95 Å². The summed E-state index contributed by atoms with van der Waals surface area (Å²) in [4.78, 5) is 29.5. The number of halogens is 1. The molecule has 31 heavy (non-hydrogen) atoms. The number of hydrogen-bond donors (Lipinski definition) is 2. The van der Waals surface area contributed by atoms with Crippen molar-refractivity contribution in [3.05, 3.63) is 73.3 Å². The van der Waals surface area contributed by atoms with Crippen LogP contribution in [-0.2, 0) is 4.79 Å². The molecule has 2 N–H and O–H groups in total. The maximum Gasteiger partial charge on any atom is 0.248 e. The van der Waals surface area contributed by atoms with E-state index in [0.717, 1.165) is 22.1 Å². The van der Waals surface area contributed by atoms with Crippen LogP contribution >= 0.6 is 0 Å². The number of aromatic amines is 1. The molecule has 1 amide bonds. The fourth-order valence-electron chi connectivity index (χ4n) is 3.19. The Hall–Kier alpha value is -3.91. The molecular weight excluding hydrogens is 395 g/mol. The molecule has 0 fully saturated rings. The summed E-state index contributed by atoms with van der Waals surface area (Å²) in [6, 6.07) is 6.94. The zero-order valence-electron chi connectivity index (χ0n) is 17.1. The third kappa shape index (κ3) is 4.81. The number of likely N-dealkylation sites (N-methyl/N-ethyl adjacent to an activating group) is 1. The van der Waals surface area contributed by atoms with Gasteiger partial charge in [0, 0.05) is 65.6 Å². The van der Waals surface area contributed by atoms with Gasteiger partial charge < -0.3 is 15.2 Å². The van der Waals surface area contributed by atoms with Crippen molar-refractivity contribution in [1.82, 2.24) is 24.8 Å². The molecule has 0 saturated carbocycles. The lowest BCUT2D eigenvalue weighted by Crippen LogP contribution is -2.13. The molecule has 0 radical (unpaired) electrons. The van der Waals surface area contributed by atoms with Crippen LogP contribution in [0.2, 0.25) is 0 Å². The number of fused-ring (bicyclic) bond motifs is 1. The SMILES string of the molecule is CN(C)C/C=C/C(=O)Nc1cncc(-c2cnc3[nH]cc(-c4ccnc(F)c4)c3c2)c1. The Morgan fingerprint density at radius 2 is 1.97 bits per heavy atom. The fourth-order valence-corrected chi connectivity index (χ4v) is 3.19. The Morgan fingerprint density at radius 3 is 2.77 bits per heavy atom. The van der Waals surface area contributed by atoms with Gasteiger partial charge in [0.25, 0.3) is 0 Å². The van der Waals surface area contributed by atoms with Crippen molar-refractivity contribution in [3.8, 4) is 22.3 Å². The van der Waals surface area contributed by atoms with E-state index in [-0.39, 0.29) is 5.91 Å². The summed E-state index contributed by atoms with van der Waals surface area (Å²) in [6.07, 6.45) is 11.6. The first-order valence-corrected chi connectivity index (χ1v) is 9.66. The van der Waals surface area contributed by atoms with Gasteiger partial charge in [0.1, 0.15) is 5.65 Å². The second kappa shape index (κ2) is 8.85.